The molecule has 2 unspecified atom stereocenters. The van der Waals surface area contributed by atoms with Crippen LogP contribution in [0.5, 0.6) is 0 Å². The summed E-state index contributed by atoms with van der Waals surface area (Å²) in [5.74, 6) is -0.600. The molecule has 2 aliphatic carbocycles. The van der Waals surface area contributed by atoms with Crippen LogP contribution in [0.4, 0.5) is 0 Å². The highest BCUT2D eigenvalue weighted by molar-refractivity contribution is 6.19. The average Bonchev–Trinajstić information content (AvgIpc) is 2.98. The van der Waals surface area contributed by atoms with Gasteiger partial charge in [0.1, 0.15) is 5.69 Å². The molecule has 4 rings (SSSR count). The highest BCUT2D eigenvalue weighted by Crippen LogP contribution is 2.61. The first-order chi connectivity index (χ1) is 8.63. The number of hydrogen-bond acceptors (Lipinski definition) is 4. The second-order valence-corrected chi connectivity index (χ2v) is 5.19. The second-order valence-electron chi connectivity index (χ2n) is 5.19. The average molecular weight is 242 g/mol. The van der Waals surface area contributed by atoms with E-state index in [1.807, 2.05) is 0 Å². The SMILES string of the molecule is O=C(O)c1cnc2c(c1)C13CC1CN=C3CC2=O. The molecule has 0 aromatic carbocycles. The third kappa shape index (κ3) is 0.978. The lowest BCUT2D eigenvalue weighted by Crippen LogP contribution is -2.32. The Kier molecular flexibility index (Phi) is 1.58. The van der Waals surface area contributed by atoms with Crippen molar-refractivity contribution in [2.24, 2.45) is 10.9 Å². The Labute approximate surface area is 103 Å². The van der Waals surface area contributed by atoms with E-state index in [9.17, 15) is 9.59 Å². The summed E-state index contributed by atoms with van der Waals surface area (Å²) in [5, 5.41) is 9.04. The fourth-order valence-electron chi connectivity index (χ4n) is 3.34. The lowest BCUT2D eigenvalue weighted by molar-refractivity contribution is 0.0695. The maximum atomic E-state index is 12.0. The van der Waals surface area contributed by atoms with Crippen LogP contribution in [0.2, 0.25) is 0 Å². The number of pyridine rings is 1. The van der Waals surface area contributed by atoms with Crippen LogP contribution in [-0.2, 0) is 5.41 Å². The van der Waals surface area contributed by atoms with Crippen molar-refractivity contribution in [3.8, 4) is 0 Å². The highest BCUT2D eigenvalue weighted by Gasteiger charge is 2.64. The van der Waals surface area contributed by atoms with E-state index in [-0.39, 0.29) is 16.8 Å². The van der Waals surface area contributed by atoms with Gasteiger partial charge in [-0.05, 0) is 24.0 Å². The molecular weight excluding hydrogens is 232 g/mol. The van der Waals surface area contributed by atoms with Crippen LogP contribution in [-0.4, -0.2) is 34.1 Å². The third-order valence-electron chi connectivity index (χ3n) is 4.33. The quantitative estimate of drug-likeness (QED) is 0.799. The van der Waals surface area contributed by atoms with Gasteiger partial charge in [0.15, 0.2) is 5.78 Å². The summed E-state index contributed by atoms with van der Waals surface area (Å²) in [7, 11) is 0. The van der Waals surface area contributed by atoms with Gasteiger partial charge in [-0.1, -0.05) is 0 Å². The monoisotopic (exact) mass is 242 g/mol. The molecule has 0 radical (unpaired) electrons. The largest absolute Gasteiger partial charge is 0.478 e. The lowest BCUT2D eigenvalue weighted by atomic mass is 9.79. The molecule has 0 amide bonds. The Morgan fingerprint density at radius 3 is 3.06 bits per heavy atom. The minimum Gasteiger partial charge on any atom is -0.478 e. The Bertz CT molecular complexity index is 650. The first-order valence-corrected chi connectivity index (χ1v) is 5.94. The zero-order valence-corrected chi connectivity index (χ0v) is 9.51. The second kappa shape index (κ2) is 2.85. The van der Waals surface area contributed by atoms with Gasteiger partial charge in [-0.3, -0.25) is 14.8 Å². The number of aromatic carboxylic acids is 1. The van der Waals surface area contributed by atoms with Crippen molar-refractivity contribution >= 4 is 17.5 Å². The predicted molar refractivity (Wildman–Crippen MR) is 62.2 cm³/mol. The predicted octanol–water partition coefficient (Wildman–Crippen LogP) is 1.08. The van der Waals surface area contributed by atoms with Gasteiger partial charge in [0.25, 0.3) is 0 Å². The summed E-state index contributed by atoms with van der Waals surface area (Å²) in [6.45, 7) is 0.763. The van der Waals surface area contributed by atoms with Crippen LogP contribution in [0.25, 0.3) is 0 Å². The summed E-state index contributed by atoms with van der Waals surface area (Å²) < 4.78 is 0. The molecular formula is C13H10N2O3. The number of carbonyl (C=O) groups excluding carboxylic acids is 1. The minimum absolute atomic E-state index is 0.0427. The number of ketones is 1. The molecule has 1 aromatic rings. The number of nitrogens with zero attached hydrogens (tertiary/aromatic N) is 2. The molecule has 1 spiro atoms. The Morgan fingerprint density at radius 1 is 1.50 bits per heavy atom. The molecule has 90 valence electrons. The lowest BCUT2D eigenvalue weighted by Gasteiger charge is -2.24. The fourth-order valence-corrected chi connectivity index (χ4v) is 3.34. The number of carbonyl (C=O) groups is 2. The number of carboxylic acids is 1. The van der Waals surface area contributed by atoms with E-state index >= 15 is 0 Å². The van der Waals surface area contributed by atoms with Crippen molar-refractivity contribution in [2.75, 3.05) is 6.54 Å². The number of Topliss-reactive ketones (excluding diaryl/α,β-unsaturated/α-hetero) is 1. The molecule has 2 atom stereocenters. The molecule has 1 fully saturated rings. The van der Waals surface area contributed by atoms with Crippen molar-refractivity contribution in [1.82, 2.24) is 4.98 Å². The van der Waals surface area contributed by atoms with Gasteiger partial charge in [-0.25, -0.2) is 4.79 Å². The first kappa shape index (κ1) is 9.94. The topological polar surface area (TPSA) is 79.6 Å². The zero-order valence-electron chi connectivity index (χ0n) is 9.51. The maximum Gasteiger partial charge on any atom is 0.337 e. The third-order valence-corrected chi connectivity index (χ3v) is 4.33. The zero-order chi connectivity index (χ0) is 12.5. The molecule has 1 aliphatic heterocycles. The van der Waals surface area contributed by atoms with Gasteiger partial charge < -0.3 is 5.11 Å². The summed E-state index contributed by atoms with van der Waals surface area (Å²) in [6, 6.07) is 1.61. The van der Waals surface area contributed by atoms with Crippen molar-refractivity contribution in [1.29, 1.82) is 0 Å². The normalized spacial score (nSPS) is 31.2. The molecule has 1 N–H and O–H groups in total. The molecule has 1 saturated carbocycles. The summed E-state index contributed by atoms with van der Waals surface area (Å²) in [5.41, 5.74) is 2.18. The van der Waals surface area contributed by atoms with Crippen molar-refractivity contribution in [3.05, 3.63) is 29.1 Å². The van der Waals surface area contributed by atoms with Gasteiger partial charge in [-0.15, -0.1) is 0 Å². The molecule has 1 aromatic heterocycles. The van der Waals surface area contributed by atoms with E-state index < -0.39 is 5.97 Å². The van der Waals surface area contributed by atoms with E-state index in [0.717, 1.165) is 24.2 Å². The van der Waals surface area contributed by atoms with Crippen molar-refractivity contribution < 1.29 is 14.7 Å². The fraction of sp³-hybridized carbons (Fsp3) is 0.385. The van der Waals surface area contributed by atoms with Gasteiger partial charge in [0, 0.05) is 23.9 Å². The van der Waals surface area contributed by atoms with E-state index in [4.69, 9.17) is 5.11 Å². The molecule has 2 heterocycles. The van der Waals surface area contributed by atoms with Crippen LogP contribution < -0.4 is 0 Å². The van der Waals surface area contributed by atoms with Crippen molar-refractivity contribution in [2.45, 2.75) is 18.3 Å². The van der Waals surface area contributed by atoms with Gasteiger partial charge >= 0.3 is 5.97 Å². The molecule has 0 bridgehead atoms. The Morgan fingerprint density at radius 2 is 2.33 bits per heavy atom. The number of fused-ring (bicyclic) bond motifs is 1. The number of hydrogen-bond donors (Lipinski definition) is 1. The Hall–Kier alpha value is -2.04. The number of carboxylic acid groups (broad SMARTS) is 1. The standard InChI is InChI=1S/C13H10N2O3/c16-9-2-10-13(3-7(13)5-14-10)8-1-6(12(17)18)4-15-11(8)9/h1,4,7H,2-3,5H2,(H,17,18). The van der Waals surface area contributed by atoms with E-state index in [1.165, 1.54) is 6.20 Å². The molecule has 0 saturated heterocycles. The van der Waals surface area contributed by atoms with E-state index in [2.05, 4.69) is 9.98 Å². The van der Waals surface area contributed by atoms with Crippen LogP contribution >= 0.6 is 0 Å². The van der Waals surface area contributed by atoms with Gasteiger partial charge in [0.05, 0.1) is 12.0 Å². The number of rotatable bonds is 1. The summed E-state index contributed by atoms with van der Waals surface area (Å²) >= 11 is 0. The number of aromatic nitrogens is 1. The van der Waals surface area contributed by atoms with Crippen LogP contribution in [0.15, 0.2) is 17.3 Å². The van der Waals surface area contributed by atoms with Crippen LogP contribution in [0.1, 0.15) is 39.3 Å². The van der Waals surface area contributed by atoms with Crippen LogP contribution in [0, 0.1) is 5.92 Å². The smallest absolute Gasteiger partial charge is 0.337 e. The molecule has 18 heavy (non-hydrogen) atoms. The van der Waals surface area contributed by atoms with Gasteiger partial charge in [-0.2, -0.15) is 0 Å². The van der Waals surface area contributed by atoms with Crippen molar-refractivity contribution in [3.63, 3.8) is 0 Å². The summed E-state index contributed by atoms with van der Waals surface area (Å²) in [4.78, 5) is 31.5. The first-order valence-electron chi connectivity index (χ1n) is 5.94. The van der Waals surface area contributed by atoms with Gasteiger partial charge in [0.2, 0.25) is 0 Å². The Balaban J connectivity index is 1.97. The van der Waals surface area contributed by atoms with Crippen LogP contribution in [0.3, 0.4) is 0 Å². The number of aliphatic imine (C=N–C) groups is 1. The maximum absolute atomic E-state index is 12.0. The van der Waals surface area contributed by atoms with E-state index in [1.54, 1.807) is 6.07 Å². The molecule has 3 aliphatic rings. The highest BCUT2D eigenvalue weighted by atomic mass is 16.4. The molecule has 5 heteroatoms. The molecule has 5 nitrogen and oxygen atoms in total. The summed E-state index contributed by atoms with van der Waals surface area (Å²) in [6.07, 6.45) is 2.60. The minimum atomic E-state index is -1.01. The van der Waals surface area contributed by atoms with E-state index in [0.29, 0.717) is 18.0 Å².